The minimum absolute atomic E-state index is 0.148. The third kappa shape index (κ3) is 2.42. The molecule has 3 atom stereocenters. The topological polar surface area (TPSA) is 58.9 Å². The molecule has 1 aliphatic heterocycles. The first kappa shape index (κ1) is 9.92. The van der Waals surface area contributed by atoms with Crippen LogP contribution in [0.5, 0.6) is 0 Å². The van der Waals surface area contributed by atoms with Gasteiger partial charge in [0.25, 0.3) is 0 Å². The fourth-order valence-corrected chi connectivity index (χ4v) is 1.32. The van der Waals surface area contributed by atoms with Gasteiger partial charge in [-0.3, -0.25) is 0 Å². The highest BCUT2D eigenvalue weighted by Gasteiger charge is 2.29. The molecule has 1 rings (SSSR count). The largest absolute Gasteiger partial charge is 0.394 e. The molecule has 72 valence electrons. The van der Waals surface area contributed by atoms with Gasteiger partial charge in [0.1, 0.15) is 6.10 Å². The van der Waals surface area contributed by atoms with Gasteiger partial charge in [-0.25, -0.2) is 0 Å². The van der Waals surface area contributed by atoms with E-state index in [1.807, 2.05) is 6.92 Å². The first-order valence-electron chi connectivity index (χ1n) is 4.34. The molecule has 0 aromatic carbocycles. The summed E-state index contributed by atoms with van der Waals surface area (Å²) < 4.78 is 10.5. The summed E-state index contributed by atoms with van der Waals surface area (Å²) in [6.07, 6.45) is 0.0547. The monoisotopic (exact) mass is 176 g/mol. The van der Waals surface area contributed by atoms with Gasteiger partial charge < -0.3 is 19.7 Å². The Labute approximate surface area is 72.1 Å². The van der Waals surface area contributed by atoms with E-state index in [0.717, 1.165) is 0 Å². The molecule has 0 bridgehead atoms. The summed E-state index contributed by atoms with van der Waals surface area (Å²) in [6, 6.07) is 0. The Morgan fingerprint density at radius 1 is 1.50 bits per heavy atom. The van der Waals surface area contributed by atoms with Gasteiger partial charge in [0.15, 0.2) is 6.29 Å². The number of rotatable bonds is 3. The maximum absolute atomic E-state index is 9.31. The lowest BCUT2D eigenvalue weighted by molar-refractivity contribution is -0.227. The fourth-order valence-electron chi connectivity index (χ4n) is 1.32. The summed E-state index contributed by atoms with van der Waals surface area (Å²) >= 11 is 0. The second-order valence-electron chi connectivity index (χ2n) is 2.89. The van der Waals surface area contributed by atoms with Crippen molar-refractivity contribution in [1.29, 1.82) is 0 Å². The maximum Gasteiger partial charge on any atom is 0.158 e. The van der Waals surface area contributed by atoms with Crippen molar-refractivity contribution in [3.63, 3.8) is 0 Å². The molecule has 0 aliphatic carbocycles. The van der Waals surface area contributed by atoms with Crippen LogP contribution >= 0.6 is 0 Å². The van der Waals surface area contributed by atoms with E-state index in [-0.39, 0.29) is 12.9 Å². The van der Waals surface area contributed by atoms with Crippen LogP contribution in [0.25, 0.3) is 0 Å². The zero-order valence-electron chi connectivity index (χ0n) is 7.27. The Balaban J connectivity index is 2.33. The molecular weight excluding hydrogens is 160 g/mol. The Hall–Kier alpha value is -0.160. The molecule has 0 aromatic heterocycles. The van der Waals surface area contributed by atoms with Gasteiger partial charge in [0.2, 0.25) is 0 Å². The van der Waals surface area contributed by atoms with Gasteiger partial charge in [-0.1, -0.05) is 0 Å². The van der Waals surface area contributed by atoms with Gasteiger partial charge in [-0.2, -0.15) is 0 Å². The van der Waals surface area contributed by atoms with Crippen LogP contribution in [0.2, 0.25) is 0 Å². The molecule has 12 heavy (non-hydrogen) atoms. The van der Waals surface area contributed by atoms with Gasteiger partial charge in [-0.15, -0.1) is 0 Å². The molecule has 0 amide bonds. The van der Waals surface area contributed by atoms with Gasteiger partial charge >= 0.3 is 0 Å². The highest BCUT2D eigenvalue weighted by molar-refractivity contribution is 4.74. The van der Waals surface area contributed by atoms with E-state index in [1.54, 1.807) is 0 Å². The van der Waals surface area contributed by atoms with Crippen LogP contribution in [0.3, 0.4) is 0 Å². The van der Waals surface area contributed by atoms with E-state index in [4.69, 9.17) is 14.6 Å². The lowest BCUT2D eigenvalue weighted by Gasteiger charge is -2.32. The lowest BCUT2D eigenvalue weighted by Crippen LogP contribution is -2.42. The van der Waals surface area contributed by atoms with Crippen molar-refractivity contribution in [3.8, 4) is 0 Å². The molecule has 2 N–H and O–H groups in total. The summed E-state index contributed by atoms with van der Waals surface area (Å²) in [5, 5.41) is 18.1. The standard InChI is InChI=1S/C8H16O4/c1-2-11-8-4-3-6(10)7(5-9)12-8/h6-10H,2-5H2,1H3/t6-,7+,8-/m0/s1. The molecule has 1 saturated heterocycles. The minimum Gasteiger partial charge on any atom is -0.394 e. The SMILES string of the molecule is CCO[C@@H]1CC[C@H](O)[C@@H](CO)O1. The molecular formula is C8H16O4. The highest BCUT2D eigenvalue weighted by Crippen LogP contribution is 2.19. The van der Waals surface area contributed by atoms with Crippen molar-refractivity contribution < 1.29 is 19.7 Å². The van der Waals surface area contributed by atoms with Crippen molar-refractivity contribution in [1.82, 2.24) is 0 Å². The van der Waals surface area contributed by atoms with Crippen LogP contribution in [-0.2, 0) is 9.47 Å². The molecule has 1 fully saturated rings. The van der Waals surface area contributed by atoms with Crippen LogP contribution in [0.4, 0.5) is 0 Å². The Morgan fingerprint density at radius 3 is 2.83 bits per heavy atom. The minimum atomic E-state index is -0.549. The average Bonchev–Trinajstić information content (AvgIpc) is 2.09. The second-order valence-corrected chi connectivity index (χ2v) is 2.89. The summed E-state index contributed by atoms with van der Waals surface area (Å²) in [5.74, 6) is 0. The van der Waals surface area contributed by atoms with Gasteiger partial charge in [0.05, 0.1) is 12.7 Å². The number of ether oxygens (including phenoxy) is 2. The lowest BCUT2D eigenvalue weighted by atomic mass is 10.1. The number of aliphatic hydroxyl groups excluding tert-OH is 2. The first-order valence-corrected chi connectivity index (χ1v) is 4.34. The van der Waals surface area contributed by atoms with E-state index >= 15 is 0 Å². The molecule has 0 saturated carbocycles. The second kappa shape index (κ2) is 4.77. The Kier molecular flexibility index (Phi) is 3.94. The summed E-state index contributed by atoms with van der Waals surface area (Å²) in [5.41, 5.74) is 0. The van der Waals surface area contributed by atoms with Gasteiger partial charge in [0, 0.05) is 13.0 Å². The van der Waals surface area contributed by atoms with E-state index < -0.39 is 12.2 Å². The number of hydrogen-bond acceptors (Lipinski definition) is 4. The number of aliphatic hydroxyl groups is 2. The average molecular weight is 176 g/mol. The first-order chi connectivity index (χ1) is 5.77. The van der Waals surface area contributed by atoms with Crippen molar-refractivity contribution in [2.45, 2.75) is 38.3 Å². The third-order valence-electron chi connectivity index (χ3n) is 1.99. The maximum atomic E-state index is 9.31. The highest BCUT2D eigenvalue weighted by atomic mass is 16.7. The molecule has 4 heteroatoms. The molecule has 0 radical (unpaired) electrons. The van der Waals surface area contributed by atoms with Crippen LogP contribution in [-0.4, -0.2) is 41.9 Å². The van der Waals surface area contributed by atoms with Gasteiger partial charge in [-0.05, 0) is 13.3 Å². The van der Waals surface area contributed by atoms with E-state index in [0.29, 0.717) is 19.4 Å². The third-order valence-corrected chi connectivity index (χ3v) is 1.99. The van der Waals surface area contributed by atoms with E-state index in [1.165, 1.54) is 0 Å². The zero-order chi connectivity index (χ0) is 8.97. The van der Waals surface area contributed by atoms with Crippen molar-refractivity contribution in [2.24, 2.45) is 0 Å². The van der Waals surface area contributed by atoms with E-state index in [2.05, 4.69) is 0 Å². The predicted octanol–water partition coefficient (Wildman–Crippen LogP) is -0.119. The zero-order valence-corrected chi connectivity index (χ0v) is 7.27. The molecule has 1 heterocycles. The van der Waals surface area contributed by atoms with E-state index in [9.17, 15) is 5.11 Å². The molecule has 4 nitrogen and oxygen atoms in total. The molecule has 0 aromatic rings. The molecule has 1 aliphatic rings. The quantitative estimate of drug-likeness (QED) is 0.629. The smallest absolute Gasteiger partial charge is 0.158 e. The van der Waals surface area contributed by atoms with Crippen LogP contribution < -0.4 is 0 Å². The fraction of sp³-hybridized carbons (Fsp3) is 1.00. The predicted molar refractivity (Wildman–Crippen MR) is 42.6 cm³/mol. The Bertz CT molecular complexity index is 128. The van der Waals surface area contributed by atoms with Crippen molar-refractivity contribution in [2.75, 3.05) is 13.2 Å². The normalized spacial score (nSPS) is 36.8. The van der Waals surface area contributed by atoms with Crippen LogP contribution in [0.15, 0.2) is 0 Å². The molecule has 0 spiro atoms. The van der Waals surface area contributed by atoms with Crippen molar-refractivity contribution in [3.05, 3.63) is 0 Å². The van der Waals surface area contributed by atoms with Crippen molar-refractivity contribution >= 4 is 0 Å². The summed E-state index contributed by atoms with van der Waals surface area (Å²) in [7, 11) is 0. The Morgan fingerprint density at radius 2 is 2.25 bits per heavy atom. The summed E-state index contributed by atoms with van der Waals surface area (Å²) in [6.45, 7) is 2.34. The molecule has 0 unspecified atom stereocenters. The van der Waals surface area contributed by atoms with Crippen LogP contribution in [0, 0.1) is 0 Å². The van der Waals surface area contributed by atoms with Crippen LogP contribution in [0.1, 0.15) is 19.8 Å². The summed E-state index contributed by atoms with van der Waals surface area (Å²) in [4.78, 5) is 0. The number of hydrogen-bond donors (Lipinski definition) is 2.